The van der Waals surface area contributed by atoms with E-state index in [1.165, 1.54) is 0 Å². The molecule has 1 aromatic heterocycles. The SMILES string of the molecule is C[C@H](NC(Cc1ccc(-c2cccc(Cl)c2)cc1)C(=O)Nc1cc(=O)[nH]o1)C(=O)OC(C)(C)C. The van der Waals surface area contributed by atoms with Gasteiger partial charge in [-0.1, -0.05) is 48.0 Å². The van der Waals surface area contributed by atoms with Crippen LogP contribution in [0.25, 0.3) is 11.1 Å². The summed E-state index contributed by atoms with van der Waals surface area (Å²) in [7, 11) is 0. The van der Waals surface area contributed by atoms with E-state index >= 15 is 0 Å². The molecule has 3 N–H and O–H groups in total. The number of amides is 1. The number of rotatable bonds is 8. The Bertz CT molecular complexity index is 1190. The molecule has 9 heteroatoms. The Morgan fingerprint density at radius 3 is 2.38 bits per heavy atom. The van der Waals surface area contributed by atoms with Crippen molar-refractivity contribution in [2.75, 3.05) is 5.32 Å². The molecule has 0 radical (unpaired) electrons. The van der Waals surface area contributed by atoms with Crippen molar-refractivity contribution in [2.24, 2.45) is 0 Å². The highest BCUT2D eigenvalue weighted by Crippen LogP contribution is 2.23. The van der Waals surface area contributed by atoms with Crippen LogP contribution in [0.5, 0.6) is 0 Å². The van der Waals surface area contributed by atoms with Gasteiger partial charge in [0, 0.05) is 5.02 Å². The third kappa shape index (κ3) is 7.33. The van der Waals surface area contributed by atoms with Gasteiger partial charge in [0.05, 0.1) is 12.1 Å². The van der Waals surface area contributed by atoms with Crippen molar-refractivity contribution in [3.05, 3.63) is 75.5 Å². The van der Waals surface area contributed by atoms with Crippen molar-refractivity contribution >= 4 is 29.4 Å². The highest BCUT2D eigenvalue weighted by molar-refractivity contribution is 6.30. The molecular weight excluding hydrogens is 458 g/mol. The first kappa shape index (κ1) is 25.3. The van der Waals surface area contributed by atoms with Crippen LogP contribution in [0.3, 0.4) is 0 Å². The number of hydrogen-bond acceptors (Lipinski definition) is 6. The minimum atomic E-state index is -0.806. The summed E-state index contributed by atoms with van der Waals surface area (Å²) < 4.78 is 10.3. The Kier molecular flexibility index (Phi) is 7.96. The summed E-state index contributed by atoms with van der Waals surface area (Å²) in [6.45, 7) is 6.96. The Balaban J connectivity index is 1.77. The molecule has 0 saturated carbocycles. The first-order chi connectivity index (χ1) is 16.0. The van der Waals surface area contributed by atoms with E-state index in [0.717, 1.165) is 22.8 Å². The fraction of sp³-hybridized carbons (Fsp3) is 0.320. The summed E-state index contributed by atoms with van der Waals surface area (Å²) in [6.07, 6.45) is 0.281. The molecule has 34 heavy (non-hydrogen) atoms. The van der Waals surface area contributed by atoms with E-state index in [0.29, 0.717) is 5.02 Å². The zero-order valence-electron chi connectivity index (χ0n) is 19.5. The van der Waals surface area contributed by atoms with Gasteiger partial charge in [0.15, 0.2) is 0 Å². The third-order valence-corrected chi connectivity index (χ3v) is 5.08. The summed E-state index contributed by atoms with van der Waals surface area (Å²) in [4.78, 5) is 36.8. The van der Waals surface area contributed by atoms with Gasteiger partial charge in [-0.25, -0.2) is 0 Å². The molecule has 0 aliphatic heterocycles. The van der Waals surface area contributed by atoms with Gasteiger partial charge >= 0.3 is 5.97 Å². The molecule has 1 amide bonds. The number of anilines is 1. The van der Waals surface area contributed by atoms with E-state index in [4.69, 9.17) is 20.9 Å². The van der Waals surface area contributed by atoms with E-state index in [1.54, 1.807) is 27.7 Å². The lowest BCUT2D eigenvalue weighted by atomic mass is 10.00. The van der Waals surface area contributed by atoms with E-state index in [9.17, 15) is 14.4 Å². The minimum Gasteiger partial charge on any atom is -0.459 e. The molecule has 0 fully saturated rings. The van der Waals surface area contributed by atoms with Crippen LogP contribution in [0, 0.1) is 0 Å². The molecule has 3 aromatic rings. The quantitative estimate of drug-likeness (QED) is 0.413. The second kappa shape index (κ2) is 10.7. The predicted molar refractivity (Wildman–Crippen MR) is 131 cm³/mol. The minimum absolute atomic E-state index is 0.0111. The van der Waals surface area contributed by atoms with Crippen LogP contribution in [0.2, 0.25) is 5.02 Å². The van der Waals surface area contributed by atoms with Gasteiger partial charge in [-0.15, -0.1) is 0 Å². The van der Waals surface area contributed by atoms with Crippen LogP contribution in [-0.2, 0) is 20.7 Å². The largest absolute Gasteiger partial charge is 0.459 e. The number of ether oxygens (including phenoxy) is 1. The third-order valence-electron chi connectivity index (χ3n) is 4.85. The Morgan fingerprint density at radius 2 is 1.79 bits per heavy atom. The van der Waals surface area contributed by atoms with E-state index < -0.39 is 35.1 Å². The van der Waals surface area contributed by atoms with Crippen LogP contribution < -0.4 is 16.2 Å². The molecule has 0 saturated heterocycles. The number of carbonyl (C=O) groups excluding carboxylic acids is 2. The molecule has 0 aliphatic rings. The molecule has 0 spiro atoms. The highest BCUT2D eigenvalue weighted by Gasteiger charge is 2.28. The van der Waals surface area contributed by atoms with E-state index in [-0.39, 0.29) is 12.3 Å². The molecule has 8 nitrogen and oxygen atoms in total. The van der Waals surface area contributed by atoms with E-state index in [1.807, 2.05) is 48.5 Å². The van der Waals surface area contributed by atoms with Crippen LogP contribution >= 0.6 is 11.6 Å². The standard InChI is InChI=1S/C25H28ClN3O5/c1-15(24(32)33-25(2,3)4)27-20(23(31)28-22-14-21(30)29-34-22)12-16-8-10-17(11-9-16)18-6-5-7-19(26)13-18/h5-11,13-15,20,27H,12H2,1-4H3,(H,28,31)(H,29,30)/t15-,20?/m0/s1. The van der Waals surface area contributed by atoms with Gasteiger partial charge in [0.2, 0.25) is 11.8 Å². The number of nitrogens with one attached hydrogen (secondary N) is 3. The van der Waals surface area contributed by atoms with Crippen molar-refractivity contribution in [1.82, 2.24) is 10.5 Å². The molecule has 2 atom stereocenters. The molecular formula is C25H28ClN3O5. The Hall–Kier alpha value is -3.36. The molecule has 1 heterocycles. The summed E-state index contributed by atoms with van der Waals surface area (Å²) in [5.41, 5.74) is 1.70. The second-order valence-corrected chi connectivity index (χ2v) is 9.39. The van der Waals surface area contributed by atoms with Gasteiger partial charge in [-0.05, 0) is 62.9 Å². The average molecular weight is 486 g/mol. The second-order valence-electron chi connectivity index (χ2n) is 8.95. The Labute approximate surface area is 202 Å². The zero-order chi connectivity index (χ0) is 24.9. The number of halogens is 1. The lowest BCUT2D eigenvalue weighted by Crippen LogP contribution is -2.50. The van der Waals surface area contributed by atoms with Crippen molar-refractivity contribution in [3.63, 3.8) is 0 Å². The monoisotopic (exact) mass is 485 g/mol. The van der Waals surface area contributed by atoms with Crippen molar-refractivity contribution in [3.8, 4) is 11.1 Å². The molecule has 180 valence electrons. The fourth-order valence-electron chi connectivity index (χ4n) is 3.28. The lowest BCUT2D eigenvalue weighted by molar-refractivity contribution is -0.157. The zero-order valence-corrected chi connectivity index (χ0v) is 20.2. The number of H-pyrrole nitrogens is 1. The van der Waals surface area contributed by atoms with Gasteiger partial charge in [0.25, 0.3) is 5.56 Å². The van der Waals surface area contributed by atoms with Gasteiger partial charge < -0.3 is 9.26 Å². The lowest BCUT2D eigenvalue weighted by Gasteiger charge is -2.25. The maximum atomic E-state index is 13.0. The summed E-state index contributed by atoms with van der Waals surface area (Å²) in [5, 5.41) is 8.36. The van der Waals surface area contributed by atoms with Crippen LogP contribution in [-0.4, -0.2) is 34.7 Å². The number of benzene rings is 2. The van der Waals surface area contributed by atoms with Crippen LogP contribution in [0.15, 0.2) is 63.9 Å². The number of aromatic amines is 1. The summed E-state index contributed by atoms with van der Waals surface area (Å²) >= 11 is 6.09. The molecule has 0 aliphatic carbocycles. The molecule has 1 unspecified atom stereocenters. The first-order valence-corrected chi connectivity index (χ1v) is 11.2. The van der Waals surface area contributed by atoms with Crippen molar-refractivity contribution < 1.29 is 18.8 Å². The Morgan fingerprint density at radius 1 is 1.09 bits per heavy atom. The maximum absolute atomic E-state index is 13.0. The first-order valence-electron chi connectivity index (χ1n) is 10.8. The van der Waals surface area contributed by atoms with Crippen LogP contribution in [0.1, 0.15) is 33.3 Å². The van der Waals surface area contributed by atoms with Gasteiger partial charge in [0.1, 0.15) is 11.6 Å². The van der Waals surface area contributed by atoms with E-state index in [2.05, 4.69) is 15.8 Å². The maximum Gasteiger partial charge on any atom is 0.323 e. The number of aromatic nitrogens is 1. The number of carbonyl (C=O) groups is 2. The molecule has 0 bridgehead atoms. The summed E-state index contributed by atoms with van der Waals surface area (Å²) in [6, 6.07) is 14.8. The number of hydrogen-bond donors (Lipinski definition) is 3. The van der Waals surface area contributed by atoms with Gasteiger partial charge in [-0.3, -0.25) is 25.0 Å². The summed E-state index contributed by atoms with van der Waals surface area (Å²) in [5.74, 6) is -0.949. The normalized spacial score (nSPS) is 13.2. The topological polar surface area (TPSA) is 113 Å². The van der Waals surface area contributed by atoms with Gasteiger partial charge in [-0.2, -0.15) is 5.16 Å². The smallest absolute Gasteiger partial charge is 0.323 e. The number of esters is 1. The molecule has 3 rings (SSSR count). The average Bonchev–Trinajstić information content (AvgIpc) is 3.17. The highest BCUT2D eigenvalue weighted by atomic mass is 35.5. The van der Waals surface area contributed by atoms with Crippen molar-refractivity contribution in [1.29, 1.82) is 0 Å². The van der Waals surface area contributed by atoms with Crippen molar-refractivity contribution in [2.45, 2.75) is 51.8 Å². The molecule has 2 aromatic carbocycles. The fourth-order valence-corrected chi connectivity index (χ4v) is 3.47. The predicted octanol–water partition coefficient (Wildman–Crippen LogP) is 4.16. The van der Waals surface area contributed by atoms with Crippen LogP contribution in [0.4, 0.5) is 5.88 Å².